The zero-order valence-electron chi connectivity index (χ0n) is 4.46. The Kier molecular flexibility index (Phi) is 1.82. The summed E-state index contributed by atoms with van der Waals surface area (Å²) in [6.07, 6.45) is 9.36. The maximum absolute atomic E-state index is 4.90. The number of hydrogen-bond acceptors (Lipinski definition) is 2. The monoisotopic (exact) mass is 109 g/mol. The van der Waals surface area contributed by atoms with Crippen LogP contribution in [0.2, 0.25) is 0 Å². The summed E-state index contributed by atoms with van der Waals surface area (Å²) < 4.78 is 9.27. The Balaban J connectivity index is 1.83. The van der Waals surface area contributed by atoms with Crippen molar-refractivity contribution < 1.29 is 9.31 Å². The van der Waals surface area contributed by atoms with Crippen LogP contribution in [0.1, 0.15) is 12.8 Å². The van der Waals surface area contributed by atoms with Gasteiger partial charge in [-0.15, -0.1) is 0 Å². The molecule has 1 aliphatic carbocycles. The van der Waals surface area contributed by atoms with Crippen LogP contribution in [0.4, 0.5) is 0 Å². The standard InChI is InChI=1S/C5H6BO2/c1-2-7-6-8-5-3-4-5/h1,5H,3-4H2. The second-order valence-electron chi connectivity index (χ2n) is 1.67. The molecule has 1 fully saturated rings. The van der Waals surface area contributed by atoms with E-state index in [-0.39, 0.29) is 0 Å². The molecule has 3 heteroatoms. The van der Waals surface area contributed by atoms with E-state index < -0.39 is 0 Å². The van der Waals surface area contributed by atoms with Gasteiger partial charge in [-0.25, -0.2) is 0 Å². The Bertz CT molecular complexity index is 103. The van der Waals surface area contributed by atoms with Crippen molar-refractivity contribution in [1.29, 1.82) is 0 Å². The molecule has 0 unspecified atom stereocenters. The molecule has 0 spiro atoms. The van der Waals surface area contributed by atoms with Crippen LogP contribution in [0.5, 0.6) is 0 Å². The third kappa shape index (κ3) is 1.90. The van der Waals surface area contributed by atoms with Crippen molar-refractivity contribution in [2.24, 2.45) is 0 Å². The number of rotatable bonds is 3. The fourth-order valence-electron chi connectivity index (χ4n) is 0.338. The van der Waals surface area contributed by atoms with Gasteiger partial charge in [-0.3, -0.25) is 0 Å². The number of terminal acetylenes is 1. The lowest BCUT2D eigenvalue weighted by molar-refractivity contribution is 0.268. The Morgan fingerprint density at radius 2 is 2.38 bits per heavy atom. The summed E-state index contributed by atoms with van der Waals surface area (Å²) in [5.41, 5.74) is 0. The van der Waals surface area contributed by atoms with Crippen LogP contribution in [0.15, 0.2) is 0 Å². The Morgan fingerprint density at radius 3 is 2.88 bits per heavy atom. The first-order valence-electron chi connectivity index (χ1n) is 2.52. The molecule has 0 aromatic carbocycles. The van der Waals surface area contributed by atoms with Gasteiger partial charge in [0.15, 0.2) is 0 Å². The highest BCUT2D eigenvalue weighted by Crippen LogP contribution is 2.22. The molecule has 0 aromatic rings. The van der Waals surface area contributed by atoms with Gasteiger partial charge >= 0.3 is 7.69 Å². The second kappa shape index (κ2) is 2.63. The van der Waals surface area contributed by atoms with E-state index in [1.807, 2.05) is 6.11 Å². The minimum absolute atomic E-state index is 0.378. The topological polar surface area (TPSA) is 18.5 Å². The first kappa shape index (κ1) is 5.52. The van der Waals surface area contributed by atoms with E-state index >= 15 is 0 Å². The smallest absolute Gasteiger partial charge is 0.488 e. The molecule has 0 N–H and O–H groups in total. The molecular weight excluding hydrogens is 103 g/mol. The lowest BCUT2D eigenvalue weighted by Gasteiger charge is -1.92. The van der Waals surface area contributed by atoms with Crippen molar-refractivity contribution in [2.45, 2.75) is 18.9 Å². The summed E-state index contributed by atoms with van der Waals surface area (Å²) >= 11 is 0. The van der Waals surface area contributed by atoms with Crippen molar-refractivity contribution in [2.75, 3.05) is 0 Å². The molecule has 0 amide bonds. The normalized spacial score (nSPS) is 16.9. The van der Waals surface area contributed by atoms with Gasteiger partial charge in [0.25, 0.3) is 0 Å². The molecule has 0 aliphatic heterocycles. The van der Waals surface area contributed by atoms with Crippen LogP contribution < -0.4 is 0 Å². The van der Waals surface area contributed by atoms with Crippen molar-refractivity contribution in [3.8, 4) is 12.5 Å². The summed E-state index contributed by atoms with van der Waals surface area (Å²) in [6.45, 7) is 0. The SMILES string of the molecule is C#CO[B]OC1CC1. The first-order valence-corrected chi connectivity index (χ1v) is 2.52. The predicted molar refractivity (Wildman–Crippen MR) is 29.8 cm³/mol. The number of hydrogen-bond donors (Lipinski definition) is 0. The maximum atomic E-state index is 4.90. The van der Waals surface area contributed by atoms with Crippen molar-refractivity contribution in [1.82, 2.24) is 0 Å². The molecule has 1 radical (unpaired) electrons. The third-order valence-corrected chi connectivity index (χ3v) is 0.889. The van der Waals surface area contributed by atoms with Gasteiger partial charge in [-0.2, -0.15) is 0 Å². The fourth-order valence-corrected chi connectivity index (χ4v) is 0.338. The average molecular weight is 109 g/mol. The lowest BCUT2D eigenvalue weighted by atomic mass is 10.4. The third-order valence-electron chi connectivity index (χ3n) is 0.889. The predicted octanol–water partition coefficient (Wildman–Crippen LogP) is 0.307. The Hall–Kier alpha value is -0.615. The maximum Gasteiger partial charge on any atom is 0.581 e. The molecule has 0 aromatic heterocycles. The van der Waals surface area contributed by atoms with Crippen LogP contribution in [0, 0.1) is 12.5 Å². The molecule has 1 rings (SSSR count). The van der Waals surface area contributed by atoms with E-state index in [0.29, 0.717) is 6.10 Å². The van der Waals surface area contributed by atoms with Gasteiger partial charge < -0.3 is 9.31 Å². The quantitative estimate of drug-likeness (QED) is 0.295. The second-order valence-corrected chi connectivity index (χ2v) is 1.67. The molecule has 0 heterocycles. The largest absolute Gasteiger partial charge is 0.581 e. The van der Waals surface area contributed by atoms with Gasteiger partial charge in [-0.05, 0) is 12.8 Å². The zero-order chi connectivity index (χ0) is 5.82. The highest BCUT2D eigenvalue weighted by molar-refractivity contribution is 6.18. The van der Waals surface area contributed by atoms with E-state index in [4.69, 9.17) is 11.1 Å². The van der Waals surface area contributed by atoms with Gasteiger partial charge in [0.2, 0.25) is 0 Å². The van der Waals surface area contributed by atoms with E-state index in [0.717, 1.165) is 12.8 Å². The lowest BCUT2D eigenvalue weighted by Crippen LogP contribution is -2.01. The molecule has 8 heavy (non-hydrogen) atoms. The van der Waals surface area contributed by atoms with Crippen LogP contribution >= 0.6 is 0 Å². The highest BCUT2D eigenvalue weighted by Gasteiger charge is 2.22. The van der Waals surface area contributed by atoms with Crippen molar-refractivity contribution in [3.63, 3.8) is 0 Å². The summed E-state index contributed by atoms with van der Waals surface area (Å²) in [5.74, 6) is 0. The van der Waals surface area contributed by atoms with Crippen LogP contribution in [-0.2, 0) is 9.31 Å². The molecule has 41 valence electrons. The summed E-state index contributed by atoms with van der Waals surface area (Å²) in [6, 6.07) is 0. The van der Waals surface area contributed by atoms with E-state index in [1.165, 1.54) is 7.69 Å². The molecule has 0 atom stereocenters. The highest BCUT2D eigenvalue weighted by atomic mass is 16.6. The molecular formula is C5H6BO2. The summed E-state index contributed by atoms with van der Waals surface area (Å²) in [5, 5.41) is 0. The van der Waals surface area contributed by atoms with Crippen molar-refractivity contribution in [3.05, 3.63) is 0 Å². The molecule has 0 bridgehead atoms. The molecule has 0 saturated heterocycles. The van der Waals surface area contributed by atoms with E-state index in [2.05, 4.69) is 4.65 Å². The summed E-state index contributed by atoms with van der Waals surface area (Å²) in [4.78, 5) is 0. The molecule has 1 saturated carbocycles. The minimum Gasteiger partial charge on any atom is -0.488 e. The fraction of sp³-hybridized carbons (Fsp3) is 0.600. The van der Waals surface area contributed by atoms with Crippen molar-refractivity contribution >= 4 is 7.69 Å². The van der Waals surface area contributed by atoms with Gasteiger partial charge in [-0.1, -0.05) is 6.42 Å². The van der Waals surface area contributed by atoms with E-state index in [9.17, 15) is 0 Å². The van der Waals surface area contributed by atoms with Crippen LogP contribution in [-0.4, -0.2) is 13.8 Å². The zero-order valence-corrected chi connectivity index (χ0v) is 4.46. The molecule has 2 nitrogen and oxygen atoms in total. The average Bonchev–Trinajstić information content (AvgIpc) is 2.51. The molecule has 1 aliphatic rings. The van der Waals surface area contributed by atoms with Crippen LogP contribution in [0.3, 0.4) is 0 Å². The van der Waals surface area contributed by atoms with Crippen LogP contribution in [0.25, 0.3) is 0 Å². The van der Waals surface area contributed by atoms with Gasteiger partial charge in [0.05, 0.1) is 6.11 Å². The first-order chi connectivity index (χ1) is 3.93. The Labute approximate surface area is 49.5 Å². The minimum atomic E-state index is 0.378. The van der Waals surface area contributed by atoms with Gasteiger partial charge in [0.1, 0.15) is 0 Å². The van der Waals surface area contributed by atoms with E-state index in [1.54, 1.807) is 0 Å². The summed E-state index contributed by atoms with van der Waals surface area (Å²) in [7, 11) is 1.21. The Morgan fingerprint density at radius 1 is 1.62 bits per heavy atom. The van der Waals surface area contributed by atoms with Gasteiger partial charge in [0, 0.05) is 6.10 Å².